The first-order valence-corrected chi connectivity index (χ1v) is 8.92. The van der Waals surface area contributed by atoms with Gasteiger partial charge in [-0.05, 0) is 37.5 Å². The minimum atomic E-state index is -3.56. The molecule has 20 heavy (non-hydrogen) atoms. The fraction of sp³-hybridized carbons (Fsp3) is 0.538. The van der Waals surface area contributed by atoms with Gasteiger partial charge in [-0.2, -0.15) is 4.31 Å². The van der Waals surface area contributed by atoms with Crippen molar-refractivity contribution in [2.24, 2.45) is 0 Å². The van der Waals surface area contributed by atoms with Gasteiger partial charge in [0.15, 0.2) is 0 Å². The number of morpholine rings is 1. The van der Waals surface area contributed by atoms with Crippen LogP contribution in [-0.2, 0) is 14.8 Å². The monoisotopic (exact) mass is 360 g/mol. The van der Waals surface area contributed by atoms with Crippen LogP contribution < -0.4 is 5.73 Å². The number of hydrogen-bond donors (Lipinski definition) is 1. The molecule has 110 valence electrons. The highest BCUT2D eigenvalue weighted by atomic mass is 79.9. The molecule has 0 amide bonds. The van der Waals surface area contributed by atoms with Gasteiger partial charge in [0.2, 0.25) is 10.0 Å². The summed E-state index contributed by atoms with van der Waals surface area (Å²) < 4.78 is 33.7. The Hall–Kier alpha value is -0.630. The SMILES string of the molecule is Nc1cc(Br)ccc1S(=O)(=O)N1CCOC2CCCC21. The summed E-state index contributed by atoms with van der Waals surface area (Å²) in [5.41, 5.74) is 6.16. The Morgan fingerprint density at radius 3 is 2.90 bits per heavy atom. The second-order valence-corrected chi connectivity index (χ2v) is 7.98. The van der Waals surface area contributed by atoms with Crippen molar-refractivity contribution in [1.82, 2.24) is 4.31 Å². The molecule has 3 rings (SSSR count). The lowest BCUT2D eigenvalue weighted by Crippen LogP contribution is -2.51. The van der Waals surface area contributed by atoms with Gasteiger partial charge in [-0.1, -0.05) is 15.9 Å². The first kappa shape index (κ1) is 14.3. The molecule has 2 unspecified atom stereocenters. The Labute approximate surface area is 127 Å². The lowest BCUT2D eigenvalue weighted by Gasteiger charge is -2.36. The van der Waals surface area contributed by atoms with E-state index in [0.717, 1.165) is 23.7 Å². The number of anilines is 1. The Bertz CT molecular complexity index is 620. The van der Waals surface area contributed by atoms with E-state index in [9.17, 15) is 8.42 Å². The normalized spacial score (nSPS) is 27.4. The maximum Gasteiger partial charge on any atom is 0.245 e. The van der Waals surface area contributed by atoms with Crippen LogP contribution in [-0.4, -0.2) is 38.0 Å². The summed E-state index contributed by atoms with van der Waals surface area (Å²) in [5.74, 6) is 0. The molecule has 1 heterocycles. The zero-order valence-electron chi connectivity index (χ0n) is 11.0. The van der Waals surface area contributed by atoms with Gasteiger partial charge in [0.05, 0.1) is 24.4 Å². The number of rotatable bonds is 2. The lowest BCUT2D eigenvalue weighted by atomic mass is 10.2. The molecule has 0 bridgehead atoms. The van der Waals surface area contributed by atoms with Crippen LogP contribution in [0.15, 0.2) is 27.6 Å². The number of halogens is 1. The molecule has 0 spiro atoms. The van der Waals surface area contributed by atoms with Crippen LogP contribution in [0.1, 0.15) is 19.3 Å². The van der Waals surface area contributed by atoms with Crippen molar-refractivity contribution in [3.05, 3.63) is 22.7 Å². The van der Waals surface area contributed by atoms with E-state index in [1.807, 2.05) is 0 Å². The average Bonchev–Trinajstić information content (AvgIpc) is 2.85. The topological polar surface area (TPSA) is 72.6 Å². The van der Waals surface area contributed by atoms with E-state index in [1.165, 1.54) is 0 Å². The van der Waals surface area contributed by atoms with E-state index in [2.05, 4.69) is 15.9 Å². The summed E-state index contributed by atoms with van der Waals surface area (Å²) in [6, 6.07) is 4.85. The van der Waals surface area contributed by atoms with E-state index in [-0.39, 0.29) is 22.7 Å². The standard InChI is InChI=1S/C13H17BrN2O3S/c14-9-4-5-13(10(15)8-9)20(17,18)16-6-7-19-12-3-1-2-11(12)16/h4-5,8,11-12H,1-3,6-7,15H2. The lowest BCUT2D eigenvalue weighted by molar-refractivity contribution is -0.0241. The maximum absolute atomic E-state index is 12.8. The first-order chi connectivity index (χ1) is 9.50. The molecule has 2 aliphatic rings. The second-order valence-electron chi connectivity index (χ2n) is 5.21. The molecule has 2 fully saturated rings. The smallest absolute Gasteiger partial charge is 0.245 e. The molecule has 0 radical (unpaired) electrons. The zero-order valence-corrected chi connectivity index (χ0v) is 13.4. The summed E-state index contributed by atoms with van der Waals surface area (Å²) in [6.07, 6.45) is 2.85. The number of fused-ring (bicyclic) bond motifs is 1. The van der Waals surface area contributed by atoms with E-state index in [4.69, 9.17) is 10.5 Å². The van der Waals surface area contributed by atoms with Crippen LogP contribution in [0.2, 0.25) is 0 Å². The van der Waals surface area contributed by atoms with E-state index < -0.39 is 10.0 Å². The molecule has 2 atom stereocenters. The highest BCUT2D eigenvalue weighted by molar-refractivity contribution is 9.10. The number of sulfonamides is 1. The van der Waals surface area contributed by atoms with Gasteiger partial charge in [-0.15, -0.1) is 0 Å². The first-order valence-electron chi connectivity index (χ1n) is 6.68. The molecule has 1 aliphatic carbocycles. The third kappa shape index (κ3) is 2.36. The maximum atomic E-state index is 12.8. The van der Waals surface area contributed by atoms with E-state index in [0.29, 0.717) is 13.2 Å². The molecular formula is C13H17BrN2O3S. The number of nitrogen functional groups attached to an aromatic ring is 1. The van der Waals surface area contributed by atoms with Crippen LogP contribution in [0.25, 0.3) is 0 Å². The number of nitrogens with zero attached hydrogens (tertiary/aromatic N) is 1. The molecule has 1 aromatic carbocycles. The largest absolute Gasteiger partial charge is 0.398 e. The van der Waals surface area contributed by atoms with Crippen molar-refractivity contribution in [3.8, 4) is 0 Å². The summed E-state index contributed by atoms with van der Waals surface area (Å²) >= 11 is 3.30. The van der Waals surface area contributed by atoms with Gasteiger partial charge in [0, 0.05) is 11.0 Å². The molecule has 2 N–H and O–H groups in total. The molecule has 7 heteroatoms. The van der Waals surface area contributed by atoms with E-state index >= 15 is 0 Å². The van der Waals surface area contributed by atoms with Crippen molar-refractivity contribution in [2.45, 2.75) is 36.3 Å². The van der Waals surface area contributed by atoms with Gasteiger partial charge in [0.1, 0.15) is 4.90 Å². The van der Waals surface area contributed by atoms with Crippen molar-refractivity contribution in [3.63, 3.8) is 0 Å². The fourth-order valence-electron chi connectivity index (χ4n) is 3.07. The molecule has 1 aromatic rings. The minimum Gasteiger partial charge on any atom is -0.398 e. The molecule has 1 saturated heterocycles. The van der Waals surface area contributed by atoms with Crippen LogP contribution in [0.5, 0.6) is 0 Å². The summed E-state index contributed by atoms with van der Waals surface area (Å²) in [7, 11) is -3.56. The fourth-order valence-corrected chi connectivity index (χ4v) is 5.21. The summed E-state index contributed by atoms with van der Waals surface area (Å²) in [4.78, 5) is 0.188. The predicted molar refractivity (Wildman–Crippen MR) is 79.8 cm³/mol. The molecule has 5 nitrogen and oxygen atoms in total. The highest BCUT2D eigenvalue weighted by Gasteiger charge is 2.42. The van der Waals surface area contributed by atoms with Crippen LogP contribution in [0.4, 0.5) is 5.69 Å². The molecule has 1 aliphatic heterocycles. The molecular weight excluding hydrogens is 344 g/mol. The quantitative estimate of drug-likeness (QED) is 0.818. The Kier molecular flexibility index (Phi) is 3.79. The number of benzene rings is 1. The molecule has 0 aromatic heterocycles. The van der Waals surface area contributed by atoms with Crippen LogP contribution in [0.3, 0.4) is 0 Å². The van der Waals surface area contributed by atoms with Gasteiger partial charge >= 0.3 is 0 Å². The van der Waals surface area contributed by atoms with Gasteiger partial charge < -0.3 is 10.5 Å². The minimum absolute atomic E-state index is 0.0372. The van der Waals surface area contributed by atoms with E-state index in [1.54, 1.807) is 22.5 Å². The second kappa shape index (κ2) is 5.29. The molecule has 1 saturated carbocycles. The zero-order chi connectivity index (χ0) is 14.3. The van der Waals surface area contributed by atoms with Gasteiger partial charge in [0.25, 0.3) is 0 Å². The summed E-state index contributed by atoms with van der Waals surface area (Å²) in [6.45, 7) is 0.857. The van der Waals surface area contributed by atoms with Crippen molar-refractivity contribution in [2.75, 3.05) is 18.9 Å². The average molecular weight is 361 g/mol. The predicted octanol–water partition coefficient (Wildman–Crippen LogP) is 1.97. The number of hydrogen-bond acceptors (Lipinski definition) is 4. The van der Waals surface area contributed by atoms with Gasteiger partial charge in [-0.25, -0.2) is 8.42 Å². The Balaban J connectivity index is 1.98. The Morgan fingerprint density at radius 1 is 1.35 bits per heavy atom. The van der Waals surface area contributed by atoms with Crippen molar-refractivity contribution in [1.29, 1.82) is 0 Å². The van der Waals surface area contributed by atoms with Gasteiger partial charge in [-0.3, -0.25) is 0 Å². The van der Waals surface area contributed by atoms with Crippen LogP contribution in [0, 0.1) is 0 Å². The number of ether oxygens (including phenoxy) is 1. The highest BCUT2D eigenvalue weighted by Crippen LogP contribution is 2.35. The third-order valence-corrected chi connectivity index (χ3v) is 6.48. The third-order valence-electron chi connectivity index (χ3n) is 3.99. The van der Waals surface area contributed by atoms with Crippen molar-refractivity contribution < 1.29 is 13.2 Å². The number of nitrogens with two attached hydrogens (primary N) is 1. The van der Waals surface area contributed by atoms with Crippen LogP contribution >= 0.6 is 15.9 Å². The Morgan fingerprint density at radius 2 is 2.15 bits per heavy atom. The summed E-state index contributed by atoms with van der Waals surface area (Å²) in [5, 5.41) is 0. The van der Waals surface area contributed by atoms with Crippen molar-refractivity contribution >= 4 is 31.6 Å².